The van der Waals surface area contributed by atoms with Crippen LogP contribution in [0, 0.1) is 0 Å². The molecular formula is C15H22N2O2S. The number of carbonyl (C=O) groups excluding carboxylic acids is 1. The molecule has 2 amide bonds. The van der Waals surface area contributed by atoms with Crippen LogP contribution in [0.2, 0.25) is 0 Å². The van der Waals surface area contributed by atoms with E-state index in [-0.39, 0.29) is 12.1 Å². The maximum Gasteiger partial charge on any atom is 0.319 e. The maximum atomic E-state index is 12.0. The smallest absolute Gasteiger partial charge is 0.319 e. The highest BCUT2D eigenvalue weighted by Gasteiger charge is 2.27. The van der Waals surface area contributed by atoms with Crippen molar-refractivity contribution < 1.29 is 9.90 Å². The zero-order chi connectivity index (χ0) is 14.5. The lowest BCUT2D eigenvalue weighted by Crippen LogP contribution is -2.41. The first kappa shape index (κ1) is 15.2. The molecule has 110 valence electrons. The summed E-state index contributed by atoms with van der Waals surface area (Å²) in [6, 6.07) is 7.38. The third-order valence-corrected chi connectivity index (χ3v) is 4.87. The number of hydrogen-bond donors (Lipinski definition) is 3. The number of hydrogen-bond acceptors (Lipinski definition) is 3. The number of aliphatic hydroxyl groups is 1. The van der Waals surface area contributed by atoms with E-state index < -0.39 is 6.10 Å². The molecule has 1 aromatic carbocycles. The van der Waals surface area contributed by atoms with E-state index in [1.807, 2.05) is 30.0 Å². The molecule has 3 N–H and O–H groups in total. The van der Waals surface area contributed by atoms with Crippen molar-refractivity contribution >= 4 is 23.5 Å². The van der Waals surface area contributed by atoms with Crippen molar-refractivity contribution in [2.45, 2.75) is 43.6 Å². The van der Waals surface area contributed by atoms with Crippen molar-refractivity contribution in [3.8, 4) is 0 Å². The molecule has 20 heavy (non-hydrogen) atoms. The second-order valence-electron chi connectivity index (χ2n) is 5.21. The van der Waals surface area contributed by atoms with Crippen LogP contribution >= 0.6 is 11.8 Å². The largest absolute Gasteiger partial charge is 0.389 e. The van der Waals surface area contributed by atoms with E-state index in [0.717, 1.165) is 12.0 Å². The molecular weight excluding hydrogens is 272 g/mol. The van der Waals surface area contributed by atoms with Gasteiger partial charge in [0, 0.05) is 17.0 Å². The Morgan fingerprint density at radius 1 is 1.45 bits per heavy atom. The Hall–Kier alpha value is -1.20. The molecule has 2 rings (SSSR count). The molecule has 0 radical (unpaired) electrons. The van der Waals surface area contributed by atoms with Crippen LogP contribution in [0.4, 0.5) is 10.5 Å². The lowest BCUT2D eigenvalue weighted by atomic mass is 10.1. The summed E-state index contributed by atoms with van der Waals surface area (Å²) in [5.74, 6) is 0. The van der Waals surface area contributed by atoms with Gasteiger partial charge in [0.15, 0.2) is 0 Å². The number of rotatable bonds is 4. The number of thioether (sulfide) groups is 1. The van der Waals surface area contributed by atoms with Crippen molar-refractivity contribution in [1.29, 1.82) is 0 Å². The number of aliphatic hydroxyl groups excluding tert-OH is 1. The quantitative estimate of drug-likeness (QED) is 0.799. The first-order valence-electron chi connectivity index (χ1n) is 6.98. The van der Waals surface area contributed by atoms with E-state index in [4.69, 9.17) is 0 Å². The number of benzene rings is 1. The van der Waals surface area contributed by atoms with Crippen molar-refractivity contribution in [2.24, 2.45) is 0 Å². The SMILES string of the molecule is CSC1CCCC1NC(=O)Nc1cccc(C(C)O)c1. The molecule has 1 saturated carbocycles. The number of nitrogens with one attached hydrogen (secondary N) is 2. The minimum absolute atomic E-state index is 0.168. The second kappa shape index (κ2) is 6.99. The van der Waals surface area contributed by atoms with Gasteiger partial charge in [-0.3, -0.25) is 0 Å². The molecule has 0 aromatic heterocycles. The van der Waals surface area contributed by atoms with Crippen LogP contribution in [-0.2, 0) is 0 Å². The molecule has 1 aliphatic carbocycles. The topological polar surface area (TPSA) is 61.4 Å². The van der Waals surface area contributed by atoms with Crippen LogP contribution < -0.4 is 10.6 Å². The first-order chi connectivity index (χ1) is 9.60. The van der Waals surface area contributed by atoms with E-state index >= 15 is 0 Å². The van der Waals surface area contributed by atoms with Crippen molar-refractivity contribution in [3.05, 3.63) is 29.8 Å². The number of anilines is 1. The molecule has 5 heteroatoms. The standard InChI is InChI=1S/C15H22N2O2S/c1-10(18)11-5-3-6-12(9-11)16-15(19)17-13-7-4-8-14(13)20-2/h3,5-6,9-10,13-14,18H,4,7-8H2,1-2H3,(H2,16,17,19). The van der Waals surface area contributed by atoms with Crippen LogP contribution in [-0.4, -0.2) is 28.7 Å². The van der Waals surface area contributed by atoms with Gasteiger partial charge in [0.2, 0.25) is 0 Å². The van der Waals surface area contributed by atoms with E-state index in [1.165, 1.54) is 12.8 Å². The monoisotopic (exact) mass is 294 g/mol. The molecule has 0 bridgehead atoms. The molecule has 0 aliphatic heterocycles. The Kier molecular flexibility index (Phi) is 5.31. The van der Waals surface area contributed by atoms with E-state index in [1.54, 1.807) is 13.0 Å². The lowest BCUT2D eigenvalue weighted by molar-refractivity contribution is 0.199. The summed E-state index contributed by atoms with van der Waals surface area (Å²) in [4.78, 5) is 12.0. The Morgan fingerprint density at radius 2 is 2.25 bits per heavy atom. The van der Waals surface area contributed by atoms with Gasteiger partial charge < -0.3 is 15.7 Å². The fraction of sp³-hybridized carbons (Fsp3) is 0.533. The number of urea groups is 1. The van der Waals surface area contributed by atoms with Crippen LogP contribution in [0.1, 0.15) is 37.9 Å². The molecule has 3 unspecified atom stereocenters. The zero-order valence-corrected chi connectivity index (χ0v) is 12.7. The Labute approximate surface area is 124 Å². The van der Waals surface area contributed by atoms with Crippen molar-refractivity contribution in [3.63, 3.8) is 0 Å². The summed E-state index contributed by atoms with van der Waals surface area (Å²) >= 11 is 1.82. The van der Waals surface area contributed by atoms with E-state index in [0.29, 0.717) is 10.9 Å². The van der Waals surface area contributed by atoms with Gasteiger partial charge in [-0.25, -0.2) is 4.79 Å². The average molecular weight is 294 g/mol. The summed E-state index contributed by atoms with van der Waals surface area (Å²) in [5, 5.41) is 15.9. The van der Waals surface area contributed by atoms with Gasteiger partial charge in [0.25, 0.3) is 0 Å². The van der Waals surface area contributed by atoms with Crippen LogP contribution in [0.15, 0.2) is 24.3 Å². The van der Waals surface area contributed by atoms with Gasteiger partial charge in [-0.2, -0.15) is 11.8 Å². The fourth-order valence-electron chi connectivity index (χ4n) is 2.59. The van der Waals surface area contributed by atoms with Gasteiger partial charge in [0.05, 0.1) is 6.10 Å². The number of amides is 2. The van der Waals surface area contributed by atoms with Gasteiger partial charge >= 0.3 is 6.03 Å². The molecule has 1 aromatic rings. The van der Waals surface area contributed by atoms with Gasteiger partial charge in [-0.1, -0.05) is 18.6 Å². The molecule has 1 fully saturated rings. The highest BCUT2D eigenvalue weighted by Crippen LogP contribution is 2.28. The summed E-state index contributed by atoms with van der Waals surface area (Å²) in [7, 11) is 0. The predicted molar refractivity (Wildman–Crippen MR) is 84.2 cm³/mol. The molecule has 4 nitrogen and oxygen atoms in total. The Balaban J connectivity index is 1.92. The van der Waals surface area contributed by atoms with Crippen molar-refractivity contribution in [2.75, 3.05) is 11.6 Å². The second-order valence-corrected chi connectivity index (χ2v) is 6.29. The molecule has 0 heterocycles. The predicted octanol–water partition coefficient (Wildman–Crippen LogP) is 3.15. The van der Waals surface area contributed by atoms with Crippen molar-refractivity contribution in [1.82, 2.24) is 5.32 Å². The highest BCUT2D eigenvalue weighted by molar-refractivity contribution is 7.99. The third kappa shape index (κ3) is 3.90. The molecule has 0 saturated heterocycles. The van der Waals surface area contributed by atoms with Crippen LogP contribution in [0.3, 0.4) is 0 Å². The maximum absolute atomic E-state index is 12.0. The molecule has 1 aliphatic rings. The summed E-state index contributed by atoms with van der Waals surface area (Å²) < 4.78 is 0. The fourth-order valence-corrected chi connectivity index (χ4v) is 3.52. The Morgan fingerprint density at radius 3 is 2.95 bits per heavy atom. The molecule has 0 spiro atoms. The van der Waals surface area contributed by atoms with Crippen LogP contribution in [0.25, 0.3) is 0 Å². The highest BCUT2D eigenvalue weighted by atomic mass is 32.2. The van der Waals surface area contributed by atoms with E-state index in [2.05, 4.69) is 16.9 Å². The average Bonchev–Trinajstić information content (AvgIpc) is 2.86. The normalized spacial score (nSPS) is 23.4. The minimum atomic E-state index is -0.532. The van der Waals surface area contributed by atoms with Gasteiger partial charge in [-0.05, 0) is 43.7 Å². The first-order valence-corrected chi connectivity index (χ1v) is 8.27. The van der Waals surface area contributed by atoms with E-state index in [9.17, 15) is 9.90 Å². The third-order valence-electron chi connectivity index (χ3n) is 3.70. The molecule has 3 atom stereocenters. The minimum Gasteiger partial charge on any atom is -0.389 e. The Bertz CT molecular complexity index is 465. The lowest BCUT2D eigenvalue weighted by Gasteiger charge is -2.19. The van der Waals surface area contributed by atoms with Gasteiger partial charge in [0.1, 0.15) is 0 Å². The summed E-state index contributed by atoms with van der Waals surface area (Å²) in [5.41, 5.74) is 1.50. The number of carbonyl (C=O) groups is 1. The summed E-state index contributed by atoms with van der Waals surface area (Å²) in [6.45, 7) is 1.71. The zero-order valence-electron chi connectivity index (χ0n) is 11.9. The van der Waals surface area contributed by atoms with Gasteiger partial charge in [-0.15, -0.1) is 0 Å². The summed E-state index contributed by atoms with van der Waals surface area (Å²) in [6.07, 6.45) is 4.95. The van der Waals surface area contributed by atoms with Crippen LogP contribution in [0.5, 0.6) is 0 Å².